The van der Waals surface area contributed by atoms with Crippen molar-refractivity contribution in [3.05, 3.63) is 70.8 Å². The van der Waals surface area contributed by atoms with Crippen LogP contribution in [0.3, 0.4) is 0 Å². The second-order valence-corrected chi connectivity index (χ2v) is 5.90. The number of hydrogen-bond donors (Lipinski definition) is 0. The molecule has 3 rings (SSSR count). The number of methoxy groups -OCH3 is 1. The molecule has 0 fully saturated rings. The minimum absolute atomic E-state index is 0.101. The topological polar surface area (TPSA) is 61.9 Å². The van der Waals surface area contributed by atoms with Crippen LogP contribution in [0.2, 0.25) is 5.02 Å². The predicted octanol–water partition coefficient (Wildman–Crippen LogP) is 3.22. The van der Waals surface area contributed by atoms with E-state index in [0.717, 1.165) is 16.9 Å². The molecule has 2 heterocycles. The van der Waals surface area contributed by atoms with Crippen LogP contribution < -0.4 is 4.74 Å². The summed E-state index contributed by atoms with van der Waals surface area (Å²) in [6, 6.07) is 7.41. The smallest absolute Gasteiger partial charge is 0.203 e. The Labute approximate surface area is 150 Å². The van der Waals surface area contributed by atoms with Crippen molar-refractivity contribution in [2.24, 2.45) is 7.05 Å². The number of hydrogen-bond acceptors (Lipinski definition) is 4. The van der Waals surface area contributed by atoms with Crippen molar-refractivity contribution in [3.8, 4) is 5.75 Å². The zero-order valence-electron chi connectivity index (χ0n) is 13.9. The Hall–Kier alpha value is -2.86. The van der Waals surface area contributed by atoms with E-state index in [1.54, 1.807) is 54.3 Å². The van der Waals surface area contributed by atoms with Crippen LogP contribution in [-0.2, 0) is 13.6 Å². The first-order chi connectivity index (χ1) is 12.1. The number of allylic oxidation sites excluding steroid dienone is 1. The zero-order valence-corrected chi connectivity index (χ0v) is 14.6. The van der Waals surface area contributed by atoms with Crippen molar-refractivity contribution in [3.63, 3.8) is 0 Å². The molecule has 0 spiro atoms. The van der Waals surface area contributed by atoms with Gasteiger partial charge in [-0.3, -0.25) is 14.2 Å². The van der Waals surface area contributed by atoms with Gasteiger partial charge in [0, 0.05) is 25.0 Å². The Bertz CT molecular complexity index is 927. The van der Waals surface area contributed by atoms with Gasteiger partial charge in [-0.1, -0.05) is 23.7 Å². The first-order valence-electron chi connectivity index (χ1n) is 7.62. The molecule has 3 aromatic rings. The summed E-state index contributed by atoms with van der Waals surface area (Å²) < 4.78 is 8.68. The molecule has 0 aliphatic rings. The number of aromatic nitrogens is 4. The average molecular weight is 357 g/mol. The van der Waals surface area contributed by atoms with E-state index in [-0.39, 0.29) is 5.78 Å². The van der Waals surface area contributed by atoms with Crippen molar-refractivity contribution in [2.45, 2.75) is 6.54 Å². The molecule has 2 aromatic heterocycles. The van der Waals surface area contributed by atoms with Crippen LogP contribution in [-0.4, -0.2) is 32.5 Å². The fourth-order valence-corrected chi connectivity index (χ4v) is 2.65. The summed E-state index contributed by atoms with van der Waals surface area (Å²) in [6.45, 7) is 0.521. The average Bonchev–Trinajstić information content (AvgIpc) is 3.21. The molecular weight excluding hydrogens is 340 g/mol. The standard InChI is InChI=1S/C18H17ClN4O2/c1-22-16(7-8-20-22)17(24)5-3-13-4-6-18(25-2)14(9-13)11-23-12-15(19)10-21-23/h3-10,12H,11H2,1-2H3. The van der Waals surface area contributed by atoms with E-state index in [1.165, 1.54) is 6.08 Å². The van der Waals surface area contributed by atoms with Crippen molar-refractivity contribution < 1.29 is 9.53 Å². The van der Waals surface area contributed by atoms with Gasteiger partial charge in [-0.15, -0.1) is 0 Å². The van der Waals surface area contributed by atoms with E-state index in [4.69, 9.17) is 16.3 Å². The van der Waals surface area contributed by atoms with Crippen LogP contribution in [0.15, 0.2) is 48.9 Å². The van der Waals surface area contributed by atoms with Crippen molar-refractivity contribution in [2.75, 3.05) is 7.11 Å². The lowest BCUT2D eigenvalue weighted by Gasteiger charge is -2.09. The molecule has 0 atom stereocenters. The molecule has 0 N–H and O–H groups in total. The zero-order chi connectivity index (χ0) is 17.8. The number of benzene rings is 1. The molecule has 0 aliphatic carbocycles. The second kappa shape index (κ2) is 7.36. The van der Waals surface area contributed by atoms with Crippen LogP contribution in [0.4, 0.5) is 0 Å². The third kappa shape index (κ3) is 3.97. The first kappa shape index (κ1) is 17.0. The molecule has 6 nitrogen and oxygen atoms in total. The molecular formula is C18H17ClN4O2. The molecule has 128 valence electrons. The molecule has 0 unspecified atom stereocenters. The van der Waals surface area contributed by atoms with Crippen LogP contribution >= 0.6 is 11.6 Å². The number of ether oxygens (including phenoxy) is 1. The largest absolute Gasteiger partial charge is 0.496 e. The summed E-state index contributed by atoms with van der Waals surface area (Å²) in [6.07, 6.45) is 8.24. The lowest BCUT2D eigenvalue weighted by molar-refractivity contribution is 0.103. The summed E-state index contributed by atoms with van der Waals surface area (Å²) in [4.78, 5) is 12.2. The lowest BCUT2D eigenvalue weighted by Crippen LogP contribution is -2.04. The van der Waals surface area contributed by atoms with Crippen LogP contribution in [0.5, 0.6) is 5.75 Å². The number of ketones is 1. The van der Waals surface area contributed by atoms with Crippen molar-refractivity contribution in [1.82, 2.24) is 19.6 Å². The monoisotopic (exact) mass is 356 g/mol. The number of halogens is 1. The maximum absolute atomic E-state index is 12.2. The fraction of sp³-hybridized carbons (Fsp3) is 0.167. The van der Waals surface area contributed by atoms with Gasteiger partial charge in [-0.2, -0.15) is 10.2 Å². The number of rotatable bonds is 6. The van der Waals surface area contributed by atoms with Gasteiger partial charge in [-0.05, 0) is 29.8 Å². The van der Waals surface area contributed by atoms with Gasteiger partial charge in [0.15, 0.2) is 0 Å². The minimum Gasteiger partial charge on any atom is -0.496 e. The van der Waals surface area contributed by atoms with Gasteiger partial charge >= 0.3 is 0 Å². The quantitative estimate of drug-likeness (QED) is 0.502. The first-order valence-corrected chi connectivity index (χ1v) is 8.00. The predicted molar refractivity (Wildman–Crippen MR) is 95.9 cm³/mol. The highest BCUT2D eigenvalue weighted by Crippen LogP contribution is 2.22. The van der Waals surface area contributed by atoms with Crippen LogP contribution in [0.1, 0.15) is 21.6 Å². The van der Waals surface area contributed by atoms with E-state index in [1.807, 2.05) is 18.2 Å². The highest BCUT2D eigenvalue weighted by Gasteiger charge is 2.08. The van der Waals surface area contributed by atoms with E-state index in [9.17, 15) is 4.79 Å². The van der Waals surface area contributed by atoms with Gasteiger partial charge in [0.25, 0.3) is 0 Å². The highest BCUT2D eigenvalue weighted by molar-refractivity contribution is 6.30. The van der Waals surface area contributed by atoms with Crippen LogP contribution in [0.25, 0.3) is 6.08 Å². The number of aryl methyl sites for hydroxylation is 1. The molecule has 0 saturated carbocycles. The Kier molecular flexibility index (Phi) is 5.00. The van der Waals surface area contributed by atoms with Gasteiger partial charge in [0.1, 0.15) is 11.4 Å². The summed E-state index contributed by atoms with van der Waals surface area (Å²) >= 11 is 5.91. The molecule has 1 aromatic carbocycles. The van der Waals surface area contributed by atoms with Crippen molar-refractivity contribution >= 4 is 23.5 Å². The van der Waals surface area contributed by atoms with E-state index >= 15 is 0 Å². The third-order valence-electron chi connectivity index (χ3n) is 3.74. The minimum atomic E-state index is -0.101. The fourth-order valence-electron chi connectivity index (χ4n) is 2.50. The van der Waals surface area contributed by atoms with Crippen molar-refractivity contribution in [1.29, 1.82) is 0 Å². The van der Waals surface area contributed by atoms with E-state index < -0.39 is 0 Å². The van der Waals surface area contributed by atoms with E-state index in [2.05, 4.69) is 10.2 Å². The Morgan fingerprint density at radius 1 is 1.32 bits per heavy atom. The number of carbonyl (C=O) groups is 1. The second-order valence-electron chi connectivity index (χ2n) is 5.47. The lowest BCUT2D eigenvalue weighted by atomic mass is 10.1. The Morgan fingerprint density at radius 2 is 2.16 bits per heavy atom. The summed E-state index contributed by atoms with van der Waals surface area (Å²) in [7, 11) is 3.36. The van der Waals surface area contributed by atoms with Gasteiger partial charge in [0.05, 0.1) is 24.9 Å². The SMILES string of the molecule is COc1ccc(C=CC(=O)c2ccnn2C)cc1Cn1cc(Cl)cn1. The normalized spacial score (nSPS) is 11.2. The molecule has 0 amide bonds. The highest BCUT2D eigenvalue weighted by atomic mass is 35.5. The molecule has 0 bridgehead atoms. The third-order valence-corrected chi connectivity index (χ3v) is 3.93. The van der Waals surface area contributed by atoms with Gasteiger partial charge < -0.3 is 4.74 Å². The van der Waals surface area contributed by atoms with Gasteiger partial charge in [0.2, 0.25) is 5.78 Å². The maximum Gasteiger partial charge on any atom is 0.203 e. The molecule has 25 heavy (non-hydrogen) atoms. The number of carbonyl (C=O) groups excluding carboxylic acids is 1. The molecule has 0 aliphatic heterocycles. The maximum atomic E-state index is 12.2. The molecule has 7 heteroatoms. The van der Waals surface area contributed by atoms with E-state index in [0.29, 0.717) is 17.3 Å². The Balaban J connectivity index is 1.82. The molecule has 0 saturated heterocycles. The Morgan fingerprint density at radius 3 is 2.80 bits per heavy atom. The van der Waals surface area contributed by atoms with Crippen LogP contribution in [0, 0.1) is 0 Å². The summed E-state index contributed by atoms with van der Waals surface area (Å²) in [5.41, 5.74) is 2.37. The summed E-state index contributed by atoms with van der Waals surface area (Å²) in [5.74, 6) is 0.651. The summed E-state index contributed by atoms with van der Waals surface area (Å²) in [5, 5.41) is 8.76. The molecule has 0 radical (unpaired) electrons. The number of nitrogens with zero attached hydrogens (tertiary/aromatic N) is 4. The van der Waals surface area contributed by atoms with Gasteiger partial charge in [-0.25, -0.2) is 0 Å².